The minimum Gasteiger partial charge on any atom is -0.461 e. The van der Waals surface area contributed by atoms with Gasteiger partial charge in [-0.2, -0.15) is 0 Å². The number of hydrogen-bond acceptors (Lipinski definition) is 4. The zero-order valence-corrected chi connectivity index (χ0v) is 12.2. The van der Waals surface area contributed by atoms with Gasteiger partial charge in [-0.15, -0.1) is 11.3 Å². The van der Waals surface area contributed by atoms with Gasteiger partial charge in [0, 0.05) is 12.1 Å². The fourth-order valence-corrected chi connectivity index (χ4v) is 2.63. The highest BCUT2D eigenvalue weighted by molar-refractivity contribution is 7.12. The molecular formula is C15H16N2O3S. The second-order valence-corrected chi connectivity index (χ2v) is 5.23. The van der Waals surface area contributed by atoms with Crippen molar-refractivity contribution < 1.29 is 14.3 Å². The fourth-order valence-electron chi connectivity index (χ4n) is 1.83. The first-order chi connectivity index (χ1) is 10.2. The lowest BCUT2D eigenvalue weighted by atomic mass is 10.1. The van der Waals surface area contributed by atoms with Crippen molar-refractivity contribution >= 4 is 23.3 Å². The largest absolute Gasteiger partial charge is 0.461 e. The van der Waals surface area contributed by atoms with Crippen molar-refractivity contribution in [3.8, 4) is 11.1 Å². The third-order valence-electron chi connectivity index (χ3n) is 2.79. The number of ether oxygens (including phenoxy) is 1. The standard InChI is InChI=1S/C15H16N2O3S/c16-15(19)17-8-4-9-20-14(18)13-12(7-10-21-13)11-5-2-1-3-6-11/h1-3,5-7,10H,4,8-9H2,(H3,16,17,19). The van der Waals surface area contributed by atoms with Gasteiger partial charge in [0.05, 0.1) is 6.61 Å². The summed E-state index contributed by atoms with van der Waals surface area (Å²) in [5.41, 5.74) is 6.80. The molecule has 3 N–H and O–H groups in total. The van der Waals surface area contributed by atoms with Crippen LogP contribution in [0, 0.1) is 0 Å². The van der Waals surface area contributed by atoms with Gasteiger partial charge >= 0.3 is 12.0 Å². The highest BCUT2D eigenvalue weighted by atomic mass is 32.1. The summed E-state index contributed by atoms with van der Waals surface area (Å²) in [5, 5.41) is 4.31. The first-order valence-electron chi connectivity index (χ1n) is 6.52. The Hall–Kier alpha value is -2.34. The van der Waals surface area contributed by atoms with Crippen LogP contribution in [0.4, 0.5) is 4.79 Å². The third kappa shape index (κ3) is 4.32. The Labute approximate surface area is 126 Å². The molecule has 0 aliphatic heterocycles. The Morgan fingerprint density at radius 2 is 1.95 bits per heavy atom. The molecule has 0 spiro atoms. The van der Waals surface area contributed by atoms with Gasteiger partial charge in [-0.1, -0.05) is 30.3 Å². The van der Waals surface area contributed by atoms with Crippen molar-refractivity contribution in [2.24, 2.45) is 5.73 Å². The Morgan fingerprint density at radius 1 is 1.19 bits per heavy atom. The van der Waals surface area contributed by atoms with E-state index < -0.39 is 6.03 Å². The molecule has 0 saturated carbocycles. The molecular weight excluding hydrogens is 288 g/mol. The van der Waals surface area contributed by atoms with Crippen LogP contribution in [-0.4, -0.2) is 25.2 Å². The molecule has 0 aliphatic rings. The molecule has 0 unspecified atom stereocenters. The SMILES string of the molecule is NC(=O)NCCCOC(=O)c1sccc1-c1ccccc1. The van der Waals surface area contributed by atoms with Gasteiger partial charge in [-0.3, -0.25) is 0 Å². The van der Waals surface area contributed by atoms with Gasteiger partial charge in [0.25, 0.3) is 0 Å². The van der Waals surface area contributed by atoms with Crippen LogP contribution < -0.4 is 11.1 Å². The van der Waals surface area contributed by atoms with E-state index in [0.717, 1.165) is 11.1 Å². The first kappa shape index (κ1) is 15.1. The Morgan fingerprint density at radius 3 is 2.67 bits per heavy atom. The van der Waals surface area contributed by atoms with E-state index in [1.165, 1.54) is 11.3 Å². The first-order valence-corrected chi connectivity index (χ1v) is 7.40. The second-order valence-electron chi connectivity index (χ2n) is 4.31. The van der Waals surface area contributed by atoms with Crippen LogP contribution in [-0.2, 0) is 4.74 Å². The number of esters is 1. The molecule has 2 aromatic rings. The Balaban J connectivity index is 1.92. The van der Waals surface area contributed by atoms with Crippen molar-refractivity contribution in [3.63, 3.8) is 0 Å². The van der Waals surface area contributed by atoms with E-state index in [9.17, 15) is 9.59 Å². The zero-order valence-electron chi connectivity index (χ0n) is 11.4. The number of nitrogens with two attached hydrogens (primary N) is 1. The molecule has 6 heteroatoms. The third-order valence-corrected chi connectivity index (χ3v) is 3.68. The predicted molar refractivity (Wildman–Crippen MR) is 82.2 cm³/mol. The molecule has 110 valence electrons. The summed E-state index contributed by atoms with van der Waals surface area (Å²) >= 11 is 1.36. The van der Waals surface area contributed by atoms with Gasteiger partial charge in [-0.05, 0) is 23.4 Å². The number of thiophene rings is 1. The number of urea groups is 1. The molecule has 1 aromatic carbocycles. The summed E-state index contributed by atoms with van der Waals surface area (Å²) in [6.07, 6.45) is 0.528. The van der Waals surface area contributed by atoms with Gasteiger partial charge in [0.2, 0.25) is 0 Å². The highest BCUT2D eigenvalue weighted by Crippen LogP contribution is 2.28. The molecule has 0 saturated heterocycles. The summed E-state index contributed by atoms with van der Waals surface area (Å²) < 4.78 is 5.21. The smallest absolute Gasteiger partial charge is 0.348 e. The Bertz CT molecular complexity index is 610. The van der Waals surface area contributed by atoms with Crippen LogP contribution in [0.25, 0.3) is 11.1 Å². The van der Waals surface area contributed by atoms with Crippen molar-refractivity contribution in [2.45, 2.75) is 6.42 Å². The maximum Gasteiger partial charge on any atom is 0.348 e. The molecule has 0 fully saturated rings. The number of hydrogen-bond donors (Lipinski definition) is 2. The fraction of sp³-hybridized carbons (Fsp3) is 0.200. The van der Waals surface area contributed by atoms with Crippen molar-refractivity contribution in [1.29, 1.82) is 0 Å². The quantitative estimate of drug-likeness (QED) is 0.636. The van der Waals surface area contributed by atoms with E-state index in [4.69, 9.17) is 10.5 Å². The van der Waals surface area contributed by atoms with Crippen molar-refractivity contribution in [1.82, 2.24) is 5.32 Å². The van der Waals surface area contributed by atoms with Crippen LogP contribution in [0.3, 0.4) is 0 Å². The number of primary amides is 1. The number of rotatable bonds is 6. The maximum atomic E-state index is 12.1. The molecule has 5 nitrogen and oxygen atoms in total. The topological polar surface area (TPSA) is 81.4 Å². The monoisotopic (exact) mass is 304 g/mol. The lowest BCUT2D eigenvalue weighted by Crippen LogP contribution is -2.30. The van der Waals surface area contributed by atoms with Gasteiger partial charge in [0.1, 0.15) is 4.88 Å². The van der Waals surface area contributed by atoms with Crippen molar-refractivity contribution in [3.05, 3.63) is 46.7 Å². The van der Waals surface area contributed by atoms with Crippen LogP contribution in [0.1, 0.15) is 16.1 Å². The number of benzene rings is 1. The summed E-state index contributed by atoms with van der Waals surface area (Å²) in [4.78, 5) is 23.1. The van der Waals surface area contributed by atoms with Crippen LogP contribution in [0.2, 0.25) is 0 Å². The van der Waals surface area contributed by atoms with Gasteiger partial charge in [-0.25, -0.2) is 9.59 Å². The van der Waals surface area contributed by atoms with E-state index >= 15 is 0 Å². The van der Waals surface area contributed by atoms with Crippen LogP contribution in [0.15, 0.2) is 41.8 Å². The summed E-state index contributed by atoms with van der Waals surface area (Å²) in [5.74, 6) is -0.345. The molecule has 1 heterocycles. The predicted octanol–water partition coefficient (Wildman–Crippen LogP) is 2.63. The molecule has 21 heavy (non-hydrogen) atoms. The van der Waals surface area contributed by atoms with E-state index in [-0.39, 0.29) is 12.6 Å². The molecule has 1 aromatic heterocycles. The average Bonchev–Trinajstić information content (AvgIpc) is 2.97. The van der Waals surface area contributed by atoms with E-state index in [2.05, 4.69) is 5.32 Å². The maximum absolute atomic E-state index is 12.1. The van der Waals surface area contributed by atoms with Gasteiger partial charge < -0.3 is 15.8 Å². The lowest BCUT2D eigenvalue weighted by Gasteiger charge is -2.06. The number of amides is 2. The molecule has 0 atom stereocenters. The normalized spacial score (nSPS) is 10.1. The minimum absolute atomic E-state index is 0.241. The average molecular weight is 304 g/mol. The number of carbonyl (C=O) groups is 2. The van der Waals surface area contributed by atoms with Crippen LogP contribution in [0.5, 0.6) is 0 Å². The van der Waals surface area contributed by atoms with Gasteiger partial charge in [0.15, 0.2) is 0 Å². The zero-order chi connectivity index (χ0) is 15.1. The summed E-state index contributed by atoms with van der Waals surface area (Å²) in [6.45, 7) is 0.629. The van der Waals surface area contributed by atoms with E-state index in [1.807, 2.05) is 41.8 Å². The minimum atomic E-state index is -0.578. The molecule has 0 radical (unpaired) electrons. The molecule has 0 bridgehead atoms. The van der Waals surface area contributed by atoms with Crippen molar-refractivity contribution in [2.75, 3.05) is 13.2 Å². The number of nitrogens with one attached hydrogen (secondary N) is 1. The number of carbonyl (C=O) groups excluding carboxylic acids is 2. The second kappa shape index (κ2) is 7.44. The van der Waals surface area contributed by atoms with E-state index in [1.54, 1.807) is 0 Å². The Kier molecular flexibility index (Phi) is 5.34. The highest BCUT2D eigenvalue weighted by Gasteiger charge is 2.15. The van der Waals surface area contributed by atoms with Crippen LogP contribution >= 0.6 is 11.3 Å². The molecule has 0 aliphatic carbocycles. The molecule has 2 amide bonds. The summed E-state index contributed by atoms with van der Waals surface area (Å²) in [6, 6.07) is 11.0. The summed E-state index contributed by atoms with van der Waals surface area (Å²) in [7, 11) is 0. The van der Waals surface area contributed by atoms with E-state index in [0.29, 0.717) is 17.8 Å². The molecule has 2 rings (SSSR count). The lowest BCUT2D eigenvalue weighted by molar-refractivity contribution is 0.0508.